The van der Waals surface area contributed by atoms with Crippen LogP contribution in [0.3, 0.4) is 0 Å². The lowest BCUT2D eigenvalue weighted by atomic mass is 10.3. The molecule has 4 heteroatoms. The van der Waals surface area contributed by atoms with Crippen molar-refractivity contribution >= 4 is 35.1 Å². The van der Waals surface area contributed by atoms with Gasteiger partial charge in [-0.2, -0.15) is 0 Å². The molecule has 1 nitrogen and oxygen atoms in total. The van der Waals surface area contributed by atoms with E-state index in [0.717, 1.165) is 16.5 Å². The van der Waals surface area contributed by atoms with Gasteiger partial charge in [-0.1, -0.05) is 11.6 Å². The van der Waals surface area contributed by atoms with E-state index in [1.165, 1.54) is 9.79 Å². The van der Waals surface area contributed by atoms with Crippen LogP contribution in [0.25, 0.3) is 0 Å². The van der Waals surface area contributed by atoms with Crippen molar-refractivity contribution in [3.05, 3.63) is 59.3 Å². The fraction of sp³-hybridized carbons (Fsp3) is 0.133. The largest absolute Gasteiger partial charge is 0.497 e. The Morgan fingerprint density at radius 3 is 2.26 bits per heavy atom. The molecule has 0 N–H and O–H groups in total. The highest BCUT2D eigenvalue weighted by molar-refractivity contribution is 8.04. The Balaban J connectivity index is 1.72. The van der Waals surface area contributed by atoms with Gasteiger partial charge < -0.3 is 4.74 Å². The van der Waals surface area contributed by atoms with Crippen LogP contribution in [0.15, 0.2) is 58.3 Å². The van der Waals surface area contributed by atoms with Gasteiger partial charge in [0.15, 0.2) is 0 Å². The second kappa shape index (κ2) is 7.73. The summed E-state index contributed by atoms with van der Waals surface area (Å²) in [6.45, 7) is 0. The average Bonchev–Trinajstić information content (AvgIpc) is 2.46. The molecular formula is C15H14ClOS2. The lowest BCUT2D eigenvalue weighted by molar-refractivity contribution is 0.414. The smallest absolute Gasteiger partial charge is 0.118 e. The van der Waals surface area contributed by atoms with E-state index in [2.05, 4.69) is 17.9 Å². The van der Waals surface area contributed by atoms with Crippen LogP contribution in [-0.2, 0) is 0 Å². The van der Waals surface area contributed by atoms with Crippen LogP contribution in [-0.4, -0.2) is 12.9 Å². The summed E-state index contributed by atoms with van der Waals surface area (Å²) in [4.78, 5) is 2.45. The van der Waals surface area contributed by atoms with Gasteiger partial charge in [0.2, 0.25) is 0 Å². The molecule has 19 heavy (non-hydrogen) atoms. The monoisotopic (exact) mass is 309 g/mol. The molecule has 0 unspecified atom stereocenters. The molecule has 0 fully saturated rings. The molecule has 0 aliphatic heterocycles. The van der Waals surface area contributed by atoms with Crippen LogP contribution >= 0.6 is 35.1 Å². The van der Waals surface area contributed by atoms with Crippen LogP contribution in [0, 0.1) is 5.75 Å². The van der Waals surface area contributed by atoms with E-state index in [1.54, 1.807) is 30.6 Å². The van der Waals surface area contributed by atoms with E-state index < -0.39 is 0 Å². The maximum atomic E-state index is 5.85. The van der Waals surface area contributed by atoms with Gasteiger partial charge >= 0.3 is 0 Å². The fourth-order valence-corrected chi connectivity index (χ4v) is 3.12. The Bertz CT molecular complexity index is 497. The van der Waals surface area contributed by atoms with E-state index in [4.69, 9.17) is 16.3 Å². The van der Waals surface area contributed by atoms with Gasteiger partial charge in [-0.25, -0.2) is 0 Å². The molecular weight excluding hydrogens is 296 g/mol. The molecule has 0 saturated carbocycles. The number of hydrogen-bond acceptors (Lipinski definition) is 3. The van der Waals surface area contributed by atoms with Gasteiger partial charge in [-0.3, -0.25) is 0 Å². The van der Waals surface area contributed by atoms with Gasteiger partial charge in [0.05, 0.1) is 7.11 Å². The summed E-state index contributed by atoms with van der Waals surface area (Å²) < 4.78 is 5.13. The lowest BCUT2D eigenvalue weighted by Gasteiger charge is -2.03. The SMILES string of the molecule is COc1ccc(S[CH]CSc2ccc(Cl)cc2)cc1. The number of thioether (sulfide) groups is 2. The maximum absolute atomic E-state index is 5.85. The molecule has 99 valence electrons. The first-order valence-electron chi connectivity index (χ1n) is 5.78. The van der Waals surface area contributed by atoms with E-state index in [9.17, 15) is 0 Å². The number of ether oxygens (including phenoxy) is 1. The Kier molecular flexibility index (Phi) is 5.95. The molecule has 0 aromatic heterocycles. The van der Waals surface area contributed by atoms with Gasteiger partial charge in [-0.05, 0) is 48.5 Å². The molecule has 2 aromatic carbocycles. The number of halogens is 1. The van der Waals surface area contributed by atoms with E-state index in [-0.39, 0.29) is 0 Å². The number of rotatable bonds is 6. The van der Waals surface area contributed by atoms with Crippen molar-refractivity contribution in [3.63, 3.8) is 0 Å². The number of methoxy groups -OCH3 is 1. The zero-order valence-electron chi connectivity index (χ0n) is 10.5. The summed E-state index contributed by atoms with van der Waals surface area (Å²) in [6, 6.07) is 16.0. The molecule has 0 amide bonds. The van der Waals surface area contributed by atoms with Gasteiger partial charge in [0.1, 0.15) is 5.75 Å². The van der Waals surface area contributed by atoms with E-state index in [1.807, 2.05) is 36.4 Å². The molecule has 0 bridgehead atoms. The van der Waals surface area contributed by atoms with E-state index >= 15 is 0 Å². The van der Waals surface area contributed by atoms with Crippen molar-refractivity contribution in [2.75, 3.05) is 12.9 Å². The minimum absolute atomic E-state index is 0.779. The molecule has 0 spiro atoms. The highest BCUT2D eigenvalue weighted by atomic mass is 35.5. The van der Waals surface area contributed by atoms with Crippen LogP contribution in [0.5, 0.6) is 5.75 Å². The summed E-state index contributed by atoms with van der Waals surface area (Å²) in [5, 5.41) is 0.779. The first-order valence-corrected chi connectivity index (χ1v) is 8.03. The normalized spacial score (nSPS) is 10.4. The molecule has 0 heterocycles. The standard InChI is InChI=1S/C15H14ClOS2/c1-17-13-4-8-15(9-5-13)19-11-10-18-14-6-2-12(16)3-7-14/h2-9,11H,10H2,1H3. The van der Waals surface area contributed by atoms with Crippen LogP contribution in [0.4, 0.5) is 0 Å². The molecule has 0 aliphatic rings. The topological polar surface area (TPSA) is 9.23 Å². The zero-order chi connectivity index (χ0) is 13.5. The second-order valence-corrected chi connectivity index (χ2v) is 6.30. The Morgan fingerprint density at radius 1 is 1.00 bits per heavy atom. The summed E-state index contributed by atoms with van der Waals surface area (Å²) in [5.74, 6) is 4.04. The van der Waals surface area contributed by atoms with Crippen molar-refractivity contribution in [2.24, 2.45) is 0 Å². The second-order valence-electron chi connectivity index (χ2n) is 3.72. The highest BCUT2D eigenvalue weighted by Crippen LogP contribution is 2.27. The van der Waals surface area contributed by atoms with Gasteiger partial charge in [0, 0.05) is 26.3 Å². The van der Waals surface area contributed by atoms with Crippen LogP contribution < -0.4 is 4.74 Å². The third kappa shape index (κ3) is 5.01. The number of benzene rings is 2. The first-order chi connectivity index (χ1) is 9.28. The molecule has 0 saturated heterocycles. The summed E-state index contributed by atoms with van der Waals surface area (Å²) in [5.41, 5.74) is 0. The highest BCUT2D eigenvalue weighted by Gasteiger charge is 1.98. The average molecular weight is 310 g/mol. The summed E-state index contributed by atoms with van der Waals surface area (Å²) in [7, 11) is 1.68. The third-order valence-electron chi connectivity index (χ3n) is 2.41. The molecule has 0 atom stereocenters. The first kappa shape index (κ1) is 14.6. The molecule has 0 aliphatic carbocycles. The van der Waals surface area contributed by atoms with E-state index in [0.29, 0.717) is 0 Å². The predicted octanol–water partition coefficient (Wildman–Crippen LogP) is 5.39. The molecule has 2 aromatic rings. The Labute approximate surface area is 127 Å². The minimum Gasteiger partial charge on any atom is -0.497 e. The molecule has 2 rings (SSSR count). The fourth-order valence-electron chi connectivity index (χ4n) is 1.45. The maximum Gasteiger partial charge on any atom is 0.118 e. The third-order valence-corrected chi connectivity index (χ3v) is 4.69. The Hall–Kier alpha value is -0.770. The van der Waals surface area contributed by atoms with Crippen molar-refractivity contribution in [2.45, 2.75) is 9.79 Å². The lowest BCUT2D eigenvalue weighted by Crippen LogP contribution is -1.82. The summed E-state index contributed by atoms with van der Waals surface area (Å²) in [6.07, 6.45) is 0. The van der Waals surface area contributed by atoms with Gasteiger partial charge in [-0.15, -0.1) is 23.5 Å². The summed E-state index contributed by atoms with van der Waals surface area (Å²) >= 11 is 9.38. The Morgan fingerprint density at radius 2 is 1.63 bits per heavy atom. The molecule has 1 radical (unpaired) electrons. The quantitative estimate of drug-likeness (QED) is 0.522. The predicted molar refractivity (Wildman–Crippen MR) is 85.3 cm³/mol. The van der Waals surface area contributed by atoms with Crippen LogP contribution in [0.1, 0.15) is 0 Å². The van der Waals surface area contributed by atoms with Crippen LogP contribution in [0.2, 0.25) is 5.02 Å². The zero-order valence-corrected chi connectivity index (χ0v) is 12.9. The minimum atomic E-state index is 0.779. The van der Waals surface area contributed by atoms with Gasteiger partial charge in [0.25, 0.3) is 0 Å². The van der Waals surface area contributed by atoms with Crippen molar-refractivity contribution in [1.29, 1.82) is 0 Å². The number of hydrogen-bond donors (Lipinski definition) is 0. The van der Waals surface area contributed by atoms with Crippen molar-refractivity contribution < 1.29 is 4.74 Å². The van der Waals surface area contributed by atoms with Crippen molar-refractivity contribution in [1.82, 2.24) is 0 Å². The van der Waals surface area contributed by atoms with Crippen molar-refractivity contribution in [3.8, 4) is 5.75 Å².